The first-order valence-corrected chi connectivity index (χ1v) is 7.25. The molecule has 1 rings (SSSR count). The Morgan fingerprint density at radius 2 is 2.24 bits per heavy atom. The van der Waals surface area contributed by atoms with E-state index in [0.29, 0.717) is 0 Å². The predicted molar refractivity (Wildman–Crippen MR) is 76.0 cm³/mol. The molecular weight excluding hydrogens is 254 g/mol. The Bertz CT molecular complexity index is 333. The third-order valence-electron chi connectivity index (χ3n) is 2.30. The molecule has 0 spiro atoms. The van der Waals surface area contributed by atoms with Gasteiger partial charge in [-0.3, -0.25) is 0 Å². The quantitative estimate of drug-likeness (QED) is 0.578. The number of halogens is 1. The third-order valence-corrected chi connectivity index (χ3v) is 3.76. The zero-order chi connectivity index (χ0) is 12.5. The van der Waals surface area contributed by atoms with E-state index in [2.05, 4.69) is 24.4 Å². The third kappa shape index (κ3) is 5.77. The normalized spacial score (nSPS) is 10.8. The Morgan fingerprint density at radius 3 is 2.88 bits per heavy atom. The molecule has 0 aliphatic rings. The maximum Gasteiger partial charge on any atom is 0.0556 e. The molecule has 0 saturated heterocycles. The lowest BCUT2D eigenvalue weighted by molar-refractivity contribution is 0.218. The molecule has 17 heavy (non-hydrogen) atoms. The van der Waals surface area contributed by atoms with Crippen molar-refractivity contribution in [3.8, 4) is 0 Å². The Morgan fingerprint density at radius 1 is 1.41 bits per heavy atom. The van der Waals surface area contributed by atoms with Crippen LogP contribution in [0.2, 0.25) is 5.02 Å². The van der Waals surface area contributed by atoms with Crippen molar-refractivity contribution in [1.82, 2.24) is 5.32 Å². The standard InChI is InChI=1S/C13H20ClNOS/c1-3-6-15-10-11-4-5-13(12(14)9-11)17-8-7-16-2/h4-5,9,15H,3,6-8,10H2,1-2H3. The van der Waals surface area contributed by atoms with Crippen LogP contribution in [0.3, 0.4) is 0 Å². The second-order valence-electron chi connectivity index (χ2n) is 3.78. The summed E-state index contributed by atoms with van der Waals surface area (Å²) in [6.07, 6.45) is 1.15. The number of methoxy groups -OCH3 is 1. The first-order chi connectivity index (χ1) is 8.27. The van der Waals surface area contributed by atoms with E-state index in [-0.39, 0.29) is 0 Å². The van der Waals surface area contributed by atoms with Gasteiger partial charge in [0.15, 0.2) is 0 Å². The maximum absolute atomic E-state index is 6.23. The topological polar surface area (TPSA) is 21.3 Å². The van der Waals surface area contributed by atoms with Crippen LogP contribution in [0.15, 0.2) is 23.1 Å². The number of hydrogen-bond donors (Lipinski definition) is 1. The van der Waals surface area contributed by atoms with Crippen LogP contribution < -0.4 is 5.32 Å². The van der Waals surface area contributed by atoms with Gasteiger partial charge >= 0.3 is 0 Å². The summed E-state index contributed by atoms with van der Waals surface area (Å²) >= 11 is 7.96. The molecular formula is C13H20ClNOS. The summed E-state index contributed by atoms with van der Waals surface area (Å²) in [4.78, 5) is 1.13. The Balaban J connectivity index is 2.47. The number of benzene rings is 1. The van der Waals surface area contributed by atoms with Crippen molar-refractivity contribution in [2.24, 2.45) is 0 Å². The molecule has 1 N–H and O–H groups in total. The van der Waals surface area contributed by atoms with Crippen LogP contribution in [0, 0.1) is 0 Å². The van der Waals surface area contributed by atoms with Crippen molar-refractivity contribution < 1.29 is 4.74 Å². The molecule has 0 heterocycles. The second kappa shape index (κ2) is 8.81. The van der Waals surface area contributed by atoms with Gasteiger partial charge in [0, 0.05) is 24.3 Å². The van der Waals surface area contributed by atoms with Crippen molar-refractivity contribution in [3.63, 3.8) is 0 Å². The maximum atomic E-state index is 6.23. The minimum atomic E-state index is 0.751. The van der Waals surface area contributed by atoms with Gasteiger partial charge < -0.3 is 10.1 Å². The minimum Gasteiger partial charge on any atom is -0.384 e. The molecule has 0 radical (unpaired) electrons. The average Bonchev–Trinajstić information content (AvgIpc) is 2.32. The lowest BCUT2D eigenvalue weighted by Crippen LogP contribution is -2.13. The van der Waals surface area contributed by atoms with Crippen LogP contribution in [0.5, 0.6) is 0 Å². The van der Waals surface area contributed by atoms with Crippen LogP contribution in [-0.2, 0) is 11.3 Å². The zero-order valence-electron chi connectivity index (χ0n) is 10.5. The SMILES string of the molecule is CCCNCc1ccc(SCCOC)c(Cl)c1. The van der Waals surface area contributed by atoms with Crippen LogP contribution in [0.1, 0.15) is 18.9 Å². The molecule has 4 heteroatoms. The molecule has 0 saturated carbocycles. The summed E-state index contributed by atoms with van der Waals surface area (Å²) < 4.78 is 5.02. The van der Waals surface area contributed by atoms with Crippen molar-refractivity contribution in [1.29, 1.82) is 0 Å². The molecule has 0 atom stereocenters. The molecule has 0 unspecified atom stereocenters. The van der Waals surface area contributed by atoms with Gasteiger partial charge in [0.25, 0.3) is 0 Å². The molecule has 96 valence electrons. The van der Waals surface area contributed by atoms with Crippen molar-refractivity contribution in [3.05, 3.63) is 28.8 Å². The number of rotatable bonds is 8. The van der Waals surface area contributed by atoms with Gasteiger partial charge in [0.1, 0.15) is 0 Å². The summed E-state index contributed by atoms with van der Waals surface area (Å²) in [7, 11) is 1.71. The van der Waals surface area contributed by atoms with Crippen molar-refractivity contribution >= 4 is 23.4 Å². The second-order valence-corrected chi connectivity index (χ2v) is 5.33. The number of ether oxygens (including phenoxy) is 1. The van der Waals surface area contributed by atoms with E-state index in [1.807, 2.05) is 6.07 Å². The van der Waals surface area contributed by atoms with Crippen LogP contribution in [0.4, 0.5) is 0 Å². The van der Waals surface area contributed by atoms with Crippen LogP contribution in [0.25, 0.3) is 0 Å². The van der Waals surface area contributed by atoms with Crippen LogP contribution >= 0.6 is 23.4 Å². The van der Waals surface area contributed by atoms with Gasteiger partial charge in [0.05, 0.1) is 11.6 Å². The summed E-state index contributed by atoms with van der Waals surface area (Å²) in [5, 5.41) is 4.20. The van der Waals surface area contributed by atoms with E-state index < -0.39 is 0 Å². The number of thioether (sulfide) groups is 1. The number of nitrogens with one attached hydrogen (secondary N) is 1. The number of hydrogen-bond acceptors (Lipinski definition) is 3. The van der Waals surface area contributed by atoms with E-state index in [9.17, 15) is 0 Å². The van der Waals surface area contributed by atoms with Crippen molar-refractivity contribution in [2.45, 2.75) is 24.8 Å². The summed E-state index contributed by atoms with van der Waals surface area (Å²) in [5.74, 6) is 0.934. The van der Waals surface area contributed by atoms with Gasteiger partial charge in [-0.15, -0.1) is 11.8 Å². The van der Waals surface area contributed by atoms with E-state index >= 15 is 0 Å². The molecule has 1 aromatic carbocycles. The lowest BCUT2D eigenvalue weighted by Gasteiger charge is -2.07. The predicted octanol–water partition coefficient (Wildman–Crippen LogP) is 3.58. The summed E-state index contributed by atoms with van der Waals surface area (Å²) in [5.41, 5.74) is 1.24. The lowest BCUT2D eigenvalue weighted by atomic mass is 10.2. The smallest absolute Gasteiger partial charge is 0.0556 e. The van der Waals surface area contributed by atoms with Gasteiger partial charge in [-0.25, -0.2) is 0 Å². The fourth-order valence-electron chi connectivity index (χ4n) is 1.42. The van der Waals surface area contributed by atoms with E-state index in [1.54, 1.807) is 18.9 Å². The molecule has 0 bridgehead atoms. The molecule has 2 nitrogen and oxygen atoms in total. The van der Waals surface area contributed by atoms with Gasteiger partial charge in [-0.05, 0) is 30.7 Å². The summed E-state index contributed by atoms with van der Waals surface area (Å²) in [6.45, 7) is 4.84. The molecule has 0 aromatic heterocycles. The largest absolute Gasteiger partial charge is 0.384 e. The Labute approximate surface area is 113 Å². The average molecular weight is 274 g/mol. The zero-order valence-corrected chi connectivity index (χ0v) is 12.0. The van der Waals surface area contributed by atoms with E-state index in [4.69, 9.17) is 16.3 Å². The highest BCUT2D eigenvalue weighted by Crippen LogP contribution is 2.27. The Kier molecular flexibility index (Phi) is 7.69. The van der Waals surface area contributed by atoms with E-state index in [0.717, 1.165) is 41.8 Å². The van der Waals surface area contributed by atoms with Gasteiger partial charge in [-0.2, -0.15) is 0 Å². The fourth-order valence-corrected chi connectivity index (χ4v) is 2.61. The Hall–Kier alpha value is -0.220. The minimum absolute atomic E-state index is 0.751. The fraction of sp³-hybridized carbons (Fsp3) is 0.538. The van der Waals surface area contributed by atoms with E-state index in [1.165, 1.54) is 5.56 Å². The first-order valence-electron chi connectivity index (χ1n) is 5.88. The summed E-state index contributed by atoms with van der Waals surface area (Å²) in [6, 6.07) is 6.26. The van der Waals surface area contributed by atoms with Crippen molar-refractivity contribution in [2.75, 3.05) is 26.0 Å². The highest BCUT2D eigenvalue weighted by molar-refractivity contribution is 7.99. The molecule has 0 aliphatic carbocycles. The van der Waals surface area contributed by atoms with Gasteiger partial charge in [-0.1, -0.05) is 24.6 Å². The molecule has 0 aliphatic heterocycles. The molecule has 0 fully saturated rings. The van der Waals surface area contributed by atoms with Crippen LogP contribution in [-0.4, -0.2) is 26.0 Å². The highest BCUT2D eigenvalue weighted by Gasteiger charge is 2.02. The molecule has 0 amide bonds. The monoisotopic (exact) mass is 273 g/mol. The molecule has 1 aromatic rings. The first kappa shape index (κ1) is 14.8. The highest BCUT2D eigenvalue weighted by atomic mass is 35.5. The van der Waals surface area contributed by atoms with Gasteiger partial charge in [0.2, 0.25) is 0 Å².